The molecule has 2 aromatic carbocycles. The number of aryl methyl sites for hydroxylation is 1. The van der Waals surface area contributed by atoms with Gasteiger partial charge < -0.3 is 4.74 Å². The molecule has 2 heterocycles. The Balaban J connectivity index is 1.68. The maximum Gasteiger partial charge on any atom is 0.301 e. The van der Waals surface area contributed by atoms with Crippen LogP contribution in [0, 0.1) is 17.0 Å². The number of aromatic amines is 1. The van der Waals surface area contributed by atoms with Crippen molar-refractivity contribution in [1.29, 1.82) is 0 Å². The molecule has 0 aliphatic rings. The normalized spacial score (nSPS) is 11.2. The Labute approximate surface area is 193 Å². The zero-order valence-corrected chi connectivity index (χ0v) is 19.2. The van der Waals surface area contributed by atoms with Crippen molar-refractivity contribution >= 4 is 44.3 Å². The third kappa shape index (κ3) is 4.22. The second kappa shape index (κ2) is 8.85. The van der Waals surface area contributed by atoms with Crippen LogP contribution >= 0.6 is 27.3 Å². The lowest BCUT2D eigenvalue weighted by molar-refractivity contribution is -0.384. The van der Waals surface area contributed by atoms with E-state index in [-0.39, 0.29) is 17.1 Å². The van der Waals surface area contributed by atoms with E-state index in [0.29, 0.717) is 16.6 Å². The van der Waals surface area contributed by atoms with Gasteiger partial charge in [-0.15, -0.1) is 21.6 Å². The van der Waals surface area contributed by atoms with Gasteiger partial charge in [-0.05, 0) is 25.1 Å². The lowest BCUT2D eigenvalue weighted by Gasteiger charge is -2.02. The van der Waals surface area contributed by atoms with Crippen molar-refractivity contribution in [1.82, 2.24) is 14.8 Å². The first-order chi connectivity index (χ1) is 15.4. The average molecular weight is 515 g/mol. The lowest BCUT2D eigenvalue weighted by atomic mass is 10.2. The van der Waals surface area contributed by atoms with Crippen LogP contribution in [0.2, 0.25) is 0 Å². The second-order valence-electron chi connectivity index (χ2n) is 6.56. The molecule has 0 amide bonds. The van der Waals surface area contributed by atoms with E-state index in [1.165, 1.54) is 41.3 Å². The quantitative estimate of drug-likeness (QED) is 0.200. The Morgan fingerprint density at radius 3 is 2.66 bits per heavy atom. The summed E-state index contributed by atoms with van der Waals surface area (Å²) in [5.74, 6) is 0.298. The SMILES string of the molecule is COc1ccc([N+](=O)[O-])cc1N=Nc1c(C)[nH]n(-c2nc(-c3ccc(Br)cc3)cs2)c1=O. The first-order valence-corrected chi connectivity index (χ1v) is 10.8. The molecule has 0 fully saturated rings. The second-order valence-corrected chi connectivity index (χ2v) is 8.31. The maximum absolute atomic E-state index is 12.9. The number of ether oxygens (including phenoxy) is 1. The summed E-state index contributed by atoms with van der Waals surface area (Å²) in [7, 11) is 1.42. The molecule has 0 aliphatic carbocycles. The van der Waals surface area contributed by atoms with Crippen LogP contribution in [-0.4, -0.2) is 26.8 Å². The van der Waals surface area contributed by atoms with Crippen molar-refractivity contribution < 1.29 is 9.66 Å². The maximum atomic E-state index is 12.9. The number of nitrogens with one attached hydrogen (secondary N) is 1. The summed E-state index contributed by atoms with van der Waals surface area (Å²) in [6.45, 7) is 1.68. The van der Waals surface area contributed by atoms with E-state index in [1.807, 2.05) is 29.6 Å². The number of nitrogens with zero attached hydrogens (tertiary/aromatic N) is 5. The van der Waals surface area contributed by atoms with Gasteiger partial charge in [-0.25, -0.2) is 4.98 Å². The van der Waals surface area contributed by atoms with Gasteiger partial charge in [-0.2, -0.15) is 4.68 Å². The molecule has 2 aromatic heterocycles. The molecule has 4 aromatic rings. The highest BCUT2D eigenvalue weighted by Crippen LogP contribution is 2.33. The van der Waals surface area contributed by atoms with Crippen molar-refractivity contribution in [3.8, 4) is 22.1 Å². The number of azo groups is 1. The number of H-pyrrole nitrogens is 1. The minimum Gasteiger partial charge on any atom is -0.494 e. The van der Waals surface area contributed by atoms with Gasteiger partial charge in [-0.3, -0.25) is 20.0 Å². The number of methoxy groups -OCH3 is 1. The molecule has 0 bridgehead atoms. The first-order valence-electron chi connectivity index (χ1n) is 9.15. The summed E-state index contributed by atoms with van der Waals surface area (Å²) in [5, 5.41) is 24.4. The van der Waals surface area contributed by atoms with Crippen LogP contribution in [0.1, 0.15) is 5.69 Å². The van der Waals surface area contributed by atoms with E-state index < -0.39 is 10.5 Å². The molecule has 0 spiro atoms. The van der Waals surface area contributed by atoms with Gasteiger partial charge in [0.05, 0.1) is 23.4 Å². The molecular weight excluding hydrogens is 500 g/mol. The Kier molecular flexibility index (Phi) is 5.97. The molecule has 162 valence electrons. The molecule has 10 nitrogen and oxygen atoms in total. The Hall–Kier alpha value is -3.64. The van der Waals surface area contributed by atoms with E-state index in [1.54, 1.807) is 6.92 Å². The monoisotopic (exact) mass is 514 g/mol. The smallest absolute Gasteiger partial charge is 0.301 e. The zero-order valence-electron chi connectivity index (χ0n) is 16.8. The number of non-ortho nitro benzene ring substituents is 1. The molecular formula is C20H15BrN6O4S. The van der Waals surface area contributed by atoms with Crippen LogP contribution in [0.15, 0.2) is 67.3 Å². The van der Waals surface area contributed by atoms with E-state index in [2.05, 4.69) is 36.2 Å². The summed E-state index contributed by atoms with van der Waals surface area (Å²) in [6, 6.07) is 11.6. The molecule has 0 unspecified atom stereocenters. The number of halogens is 1. The number of thiazole rings is 1. The van der Waals surface area contributed by atoms with Crippen LogP contribution in [0.25, 0.3) is 16.4 Å². The van der Waals surface area contributed by atoms with Gasteiger partial charge in [0.15, 0.2) is 5.69 Å². The van der Waals surface area contributed by atoms with Crippen molar-refractivity contribution in [2.75, 3.05) is 7.11 Å². The van der Waals surface area contributed by atoms with Crippen LogP contribution in [0.3, 0.4) is 0 Å². The van der Waals surface area contributed by atoms with Crippen LogP contribution < -0.4 is 10.3 Å². The third-order valence-electron chi connectivity index (χ3n) is 4.49. The first kappa shape index (κ1) is 21.6. The van der Waals surface area contributed by atoms with Crippen molar-refractivity contribution in [2.45, 2.75) is 6.92 Å². The van der Waals surface area contributed by atoms with E-state index in [0.717, 1.165) is 15.7 Å². The van der Waals surface area contributed by atoms with E-state index in [9.17, 15) is 14.9 Å². The van der Waals surface area contributed by atoms with Gasteiger partial charge in [0.25, 0.3) is 5.69 Å². The highest BCUT2D eigenvalue weighted by molar-refractivity contribution is 9.10. The predicted octanol–water partition coefficient (Wildman–Crippen LogP) is 5.69. The minimum absolute atomic E-state index is 0.0685. The Morgan fingerprint density at radius 2 is 1.97 bits per heavy atom. The van der Waals surface area contributed by atoms with Crippen LogP contribution in [0.4, 0.5) is 17.1 Å². The number of hydrogen-bond donors (Lipinski definition) is 1. The number of rotatable bonds is 6. The number of aromatic nitrogens is 3. The summed E-state index contributed by atoms with van der Waals surface area (Å²) in [4.78, 5) is 28.0. The predicted molar refractivity (Wildman–Crippen MR) is 124 cm³/mol. The summed E-state index contributed by atoms with van der Waals surface area (Å²) >= 11 is 4.71. The topological polar surface area (TPSA) is 128 Å². The van der Waals surface area contributed by atoms with Gasteiger partial charge in [-0.1, -0.05) is 28.1 Å². The highest BCUT2D eigenvalue weighted by Gasteiger charge is 2.16. The van der Waals surface area contributed by atoms with Crippen LogP contribution in [0.5, 0.6) is 5.75 Å². The van der Waals surface area contributed by atoms with Gasteiger partial charge in [0.1, 0.15) is 11.4 Å². The zero-order chi connectivity index (χ0) is 22.8. The molecule has 0 saturated heterocycles. The lowest BCUT2D eigenvalue weighted by Crippen LogP contribution is -2.13. The summed E-state index contributed by atoms with van der Waals surface area (Å²) in [6.07, 6.45) is 0. The standard InChI is InChI=1S/C20H15BrN6O4S/c1-11-18(24-23-15-9-14(27(29)30)7-8-17(15)31-2)19(28)26(25-11)20-22-16(10-32-20)12-3-5-13(21)6-4-12/h3-10,25H,1-2H3. The average Bonchev–Trinajstić information content (AvgIpc) is 3.37. The molecule has 1 N–H and O–H groups in total. The Morgan fingerprint density at radius 1 is 1.22 bits per heavy atom. The van der Waals surface area contributed by atoms with Gasteiger partial charge in [0, 0.05) is 27.5 Å². The number of nitro groups is 1. The van der Waals surface area contributed by atoms with Crippen molar-refractivity contribution in [2.24, 2.45) is 10.2 Å². The Bertz CT molecular complexity index is 1390. The summed E-state index contributed by atoms with van der Waals surface area (Å²) in [5.41, 5.74) is 1.74. The minimum atomic E-state index is -0.543. The number of nitro benzene ring substituents is 1. The van der Waals surface area contributed by atoms with Crippen molar-refractivity contribution in [3.05, 3.63) is 78.5 Å². The van der Waals surface area contributed by atoms with Crippen molar-refractivity contribution in [3.63, 3.8) is 0 Å². The largest absolute Gasteiger partial charge is 0.494 e. The third-order valence-corrected chi connectivity index (χ3v) is 5.85. The number of benzene rings is 2. The van der Waals surface area contributed by atoms with Gasteiger partial charge >= 0.3 is 5.56 Å². The molecule has 0 radical (unpaired) electrons. The molecule has 4 rings (SSSR count). The van der Waals surface area contributed by atoms with Crippen LogP contribution in [-0.2, 0) is 0 Å². The molecule has 32 heavy (non-hydrogen) atoms. The molecule has 0 saturated carbocycles. The molecule has 0 aliphatic heterocycles. The molecule has 12 heteroatoms. The van der Waals surface area contributed by atoms with E-state index >= 15 is 0 Å². The fraction of sp³-hybridized carbons (Fsp3) is 0.100. The fourth-order valence-corrected chi connectivity index (χ4v) is 3.94. The van der Waals surface area contributed by atoms with Gasteiger partial charge in [0.2, 0.25) is 5.13 Å². The number of hydrogen-bond acceptors (Lipinski definition) is 8. The fourth-order valence-electron chi connectivity index (χ4n) is 2.88. The highest BCUT2D eigenvalue weighted by atomic mass is 79.9. The summed E-state index contributed by atoms with van der Waals surface area (Å²) < 4.78 is 7.43. The molecule has 0 atom stereocenters. The van der Waals surface area contributed by atoms with E-state index in [4.69, 9.17) is 4.74 Å².